The summed E-state index contributed by atoms with van der Waals surface area (Å²) < 4.78 is 32.0. The minimum absolute atomic E-state index is 0.107. The summed E-state index contributed by atoms with van der Waals surface area (Å²) in [7, 11) is -4.09. The van der Waals surface area contributed by atoms with E-state index in [1.165, 1.54) is 19.1 Å². The van der Waals surface area contributed by atoms with Gasteiger partial charge >= 0.3 is 5.97 Å². The van der Waals surface area contributed by atoms with E-state index < -0.39 is 21.0 Å². The summed E-state index contributed by atoms with van der Waals surface area (Å²) in [6, 6.07) is 6.13. The minimum atomic E-state index is -4.09. The Labute approximate surface area is 138 Å². The number of aromatic nitrogens is 2. The van der Waals surface area contributed by atoms with Crippen LogP contribution in [0.5, 0.6) is 0 Å². The number of nitrogens with one attached hydrogen (secondary N) is 3. The smallest absolute Gasteiger partial charge is 0.342 e. The Morgan fingerprint density at radius 3 is 2.67 bits per heavy atom. The minimum Gasteiger partial charge on any atom is -0.462 e. The highest BCUT2D eigenvalue weighted by atomic mass is 32.2. The number of nitrogens with zero attached hydrogens (tertiary/aromatic N) is 1. The average Bonchev–Trinajstić information content (AvgIpc) is 2.97. The monoisotopic (exact) mass is 352 g/mol. The predicted molar refractivity (Wildman–Crippen MR) is 86.1 cm³/mol. The highest BCUT2D eigenvalue weighted by Gasteiger charge is 2.26. The molecule has 0 fully saturated rings. The van der Waals surface area contributed by atoms with E-state index in [1.54, 1.807) is 19.1 Å². The lowest BCUT2D eigenvalue weighted by Gasteiger charge is -2.09. The molecule has 0 atom stereocenters. The number of sulfonamides is 1. The van der Waals surface area contributed by atoms with Crippen molar-refractivity contribution in [2.45, 2.75) is 18.9 Å². The van der Waals surface area contributed by atoms with Crippen molar-refractivity contribution in [1.29, 1.82) is 0 Å². The zero-order valence-electron chi connectivity index (χ0n) is 13.0. The third-order valence-corrected chi connectivity index (χ3v) is 4.16. The Bertz CT molecular complexity index is 860. The fourth-order valence-corrected chi connectivity index (χ4v) is 3.04. The second-order valence-electron chi connectivity index (χ2n) is 4.70. The van der Waals surface area contributed by atoms with Crippen LogP contribution in [0.2, 0.25) is 0 Å². The molecule has 0 aliphatic carbocycles. The summed E-state index contributed by atoms with van der Waals surface area (Å²) in [5.74, 6) is -1.08. The van der Waals surface area contributed by atoms with Gasteiger partial charge in [-0.3, -0.25) is 14.6 Å². The molecule has 0 saturated heterocycles. The molecular formula is C14H16N4O5S. The Morgan fingerprint density at radius 2 is 2.00 bits per heavy atom. The lowest BCUT2D eigenvalue weighted by atomic mass is 10.3. The van der Waals surface area contributed by atoms with Crippen LogP contribution < -0.4 is 10.0 Å². The van der Waals surface area contributed by atoms with Crippen molar-refractivity contribution in [3.63, 3.8) is 0 Å². The van der Waals surface area contributed by atoms with Crippen molar-refractivity contribution >= 4 is 33.3 Å². The van der Waals surface area contributed by atoms with Crippen molar-refractivity contribution < 1.29 is 22.7 Å². The second-order valence-corrected chi connectivity index (χ2v) is 6.32. The number of H-pyrrole nitrogens is 1. The van der Waals surface area contributed by atoms with Crippen molar-refractivity contribution in [3.05, 3.63) is 36.0 Å². The number of carbonyl (C=O) groups excluding carboxylic acids is 2. The summed E-state index contributed by atoms with van der Waals surface area (Å²) in [5.41, 5.74) is 0.450. The van der Waals surface area contributed by atoms with Gasteiger partial charge in [-0.25, -0.2) is 4.79 Å². The fourth-order valence-electron chi connectivity index (χ4n) is 1.90. The summed E-state index contributed by atoms with van der Waals surface area (Å²) >= 11 is 0. The maximum Gasteiger partial charge on any atom is 0.342 e. The fraction of sp³-hybridized carbons (Fsp3) is 0.214. The molecule has 128 valence electrons. The standard InChI is InChI=1S/C14H16N4O5S/c1-3-23-14(20)12-8-15-17-13(12)24(21,22)18-11-6-4-5-10(7-11)16-9(2)19/h4-8,18H,3H2,1-2H3,(H,15,17)(H,16,19). The van der Waals surface area contributed by atoms with Crippen LogP contribution in [-0.4, -0.2) is 37.1 Å². The summed E-state index contributed by atoms with van der Waals surface area (Å²) in [4.78, 5) is 22.8. The number of carbonyl (C=O) groups is 2. The van der Waals surface area contributed by atoms with Gasteiger partial charge in [-0.15, -0.1) is 0 Å². The Kier molecular flexibility index (Phi) is 5.19. The van der Waals surface area contributed by atoms with Crippen LogP contribution in [0.3, 0.4) is 0 Å². The lowest BCUT2D eigenvalue weighted by Crippen LogP contribution is -2.18. The molecule has 1 amide bonds. The molecule has 0 aliphatic heterocycles. The molecule has 9 nitrogen and oxygen atoms in total. The molecule has 0 saturated carbocycles. The van der Waals surface area contributed by atoms with E-state index in [0.29, 0.717) is 5.69 Å². The van der Waals surface area contributed by atoms with Gasteiger partial charge < -0.3 is 10.1 Å². The van der Waals surface area contributed by atoms with Crippen LogP contribution in [0.4, 0.5) is 11.4 Å². The van der Waals surface area contributed by atoms with Crippen LogP contribution in [0.1, 0.15) is 24.2 Å². The molecule has 0 spiro atoms. The molecule has 2 aromatic rings. The zero-order chi connectivity index (χ0) is 17.7. The number of amides is 1. The number of esters is 1. The van der Waals surface area contributed by atoms with Gasteiger partial charge in [0.05, 0.1) is 18.5 Å². The summed E-state index contributed by atoms with van der Waals surface area (Å²) in [6.45, 7) is 3.06. The molecule has 1 heterocycles. The highest BCUT2D eigenvalue weighted by Crippen LogP contribution is 2.20. The molecule has 2 rings (SSSR count). The maximum absolute atomic E-state index is 12.4. The molecule has 0 unspecified atom stereocenters. The number of hydrogen-bond donors (Lipinski definition) is 3. The van der Waals surface area contributed by atoms with Crippen LogP contribution in [0.15, 0.2) is 35.5 Å². The number of benzene rings is 1. The lowest BCUT2D eigenvalue weighted by molar-refractivity contribution is -0.114. The first-order chi connectivity index (χ1) is 11.3. The van der Waals surface area contributed by atoms with E-state index in [4.69, 9.17) is 4.74 Å². The van der Waals surface area contributed by atoms with Gasteiger partial charge in [-0.1, -0.05) is 6.07 Å². The van der Waals surface area contributed by atoms with Crippen LogP contribution in [-0.2, 0) is 19.6 Å². The number of rotatable bonds is 6. The van der Waals surface area contributed by atoms with Crippen molar-refractivity contribution in [3.8, 4) is 0 Å². The second kappa shape index (κ2) is 7.13. The Balaban J connectivity index is 2.28. The first kappa shape index (κ1) is 17.5. The number of aromatic amines is 1. The largest absolute Gasteiger partial charge is 0.462 e. The molecule has 0 aliphatic rings. The molecule has 10 heteroatoms. The van der Waals surface area contributed by atoms with E-state index in [-0.39, 0.29) is 23.8 Å². The average molecular weight is 352 g/mol. The van der Waals surface area contributed by atoms with Gasteiger partial charge in [0.15, 0.2) is 5.03 Å². The van der Waals surface area contributed by atoms with Gasteiger partial charge in [0.1, 0.15) is 5.56 Å². The number of hydrogen-bond acceptors (Lipinski definition) is 6. The van der Waals surface area contributed by atoms with Crippen molar-refractivity contribution in [2.75, 3.05) is 16.6 Å². The van der Waals surface area contributed by atoms with Crippen molar-refractivity contribution in [2.24, 2.45) is 0 Å². The van der Waals surface area contributed by atoms with E-state index in [0.717, 1.165) is 6.20 Å². The normalized spacial score (nSPS) is 10.9. The molecular weight excluding hydrogens is 336 g/mol. The van der Waals surface area contributed by atoms with Crippen molar-refractivity contribution in [1.82, 2.24) is 10.2 Å². The Hall–Kier alpha value is -2.88. The first-order valence-electron chi connectivity index (χ1n) is 6.94. The zero-order valence-corrected chi connectivity index (χ0v) is 13.8. The summed E-state index contributed by atoms with van der Waals surface area (Å²) in [5, 5.41) is 8.02. The van der Waals surface area contributed by atoms with Crippen LogP contribution >= 0.6 is 0 Å². The molecule has 3 N–H and O–H groups in total. The van der Waals surface area contributed by atoms with Gasteiger partial charge in [0.25, 0.3) is 10.0 Å². The highest BCUT2D eigenvalue weighted by molar-refractivity contribution is 7.92. The van der Waals surface area contributed by atoms with E-state index >= 15 is 0 Å². The third kappa shape index (κ3) is 4.10. The Morgan fingerprint density at radius 1 is 1.29 bits per heavy atom. The SMILES string of the molecule is CCOC(=O)c1cn[nH]c1S(=O)(=O)Nc1cccc(NC(C)=O)c1. The van der Waals surface area contributed by atoms with E-state index in [9.17, 15) is 18.0 Å². The van der Waals surface area contributed by atoms with Gasteiger partial charge in [0.2, 0.25) is 5.91 Å². The molecule has 0 bridgehead atoms. The number of ether oxygens (including phenoxy) is 1. The third-order valence-electron chi connectivity index (χ3n) is 2.80. The van der Waals surface area contributed by atoms with Crippen LogP contribution in [0, 0.1) is 0 Å². The molecule has 1 aromatic carbocycles. The van der Waals surface area contributed by atoms with E-state index in [1.807, 2.05) is 0 Å². The van der Waals surface area contributed by atoms with Gasteiger partial charge in [0, 0.05) is 12.6 Å². The molecule has 24 heavy (non-hydrogen) atoms. The molecule has 0 radical (unpaired) electrons. The first-order valence-corrected chi connectivity index (χ1v) is 8.42. The van der Waals surface area contributed by atoms with Gasteiger partial charge in [-0.05, 0) is 25.1 Å². The maximum atomic E-state index is 12.4. The topological polar surface area (TPSA) is 130 Å². The van der Waals surface area contributed by atoms with Gasteiger partial charge in [-0.2, -0.15) is 13.5 Å². The summed E-state index contributed by atoms with van der Waals surface area (Å²) in [6.07, 6.45) is 1.08. The predicted octanol–water partition coefficient (Wildman–Crippen LogP) is 1.35. The molecule has 1 aromatic heterocycles. The van der Waals surface area contributed by atoms with E-state index in [2.05, 4.69) is 20.2 Å². The number of anilines is 2. The quantitative estimate of drug-likeness (QED) is 0.673. The van der Waals surface area contributed by atoms with Crippen LogP contribution in [0.25, 0.3) is 0 Å².